The van der Waals surface area contributed by atoms with Gasteiger partial charge in [0.1, 0.15) is 4.90 Å². The van der Waals surface area contributed by atoms with Gasteiger partial charge >= 0.3 is 0 Å². The van der Waals surface area contributed by atoms with Crippen LogP contribution in [-0.4, -0.2) is 58.6 Å². The predicted octanol–water partition coefficient (Wildman–Crippen LogP) is 0.892. The van der Waals surface area contributed by atoms with E-state index in [9.17, 15) is 13.2 Å². The van der Waals surface area contributed by atoms with Gasteiger partial charge in [-0.1, -0.05) is 19.1 Å². The minimum atomic E-state index is -3.68. The summed E-state index contributed by atoms with van der Waals surface area (Å²) in [7, 11) is -3.68. The van der Waals surface area contributed by atoms with E-state index in [4.69, 9.17) is 4.74 Å². The van der Waals surface area contributed by atoms with Crippen molar-refractivity contribution in [1.29, 1.82) is 0 Å². The molecule has 134 valence electrons. The number of rotatable bonds is 7. The Kier molecular flexibility index (Phi) is 6.73. The van der Waals surface area contributed by atoms with Crippen LogP contribution in [0.3, 0.4) is 0 Å². The zero-order valence-electron chi connectivity index (χ0n) is 14.1. The highest BCUT2D eigenvalue weighted by Gasteiger charge is 2.20. The second-order valence-electron chi connectivity index (χ2n) is 6.05. The number of anilines is 1. The minimum Gasteiger partial charge on any atom is -0.379 e. The Balaban J connectivity index is 1.96. The third-order valence-corrected chi connectivity index (χ3v) is 5.26. The second kappa shape index (κ2) is 8.57. The van der Waals surface area contributed by atoms with Gasteiger partial charge < -0.3 is 10.1 Å². The smallest absolute Gasteiger partial charge is 0.242 e. The fourth-order valence-corrected chi connectivity index (χ4v) is 3.94. The van der Waals surface area contributed by atoms with Gasteiger partial charge in [-0.2, -0.15) is 0 Å². The quantitative estimate of drug-likeness (QED) is 0.758. The van der Waals surface area contributed by atoms with Gasteiger partial charge in [-0.3, -0.25) is 9.69 Å². The molecule has 1 aromatic rings. The van der Waals surface area contributed by atoms with Gasteiger partial charge in [0.05, 0.1) is 18.9 Å². The van der Waals surface area contributed by atoms with Crippen LogP contribution in [0.25, 0.3) is 0 Å². The van der Waals surface area contributed by atoms with Gasteiger partial charge in [0.25, 0.3) is 0 Å². The Labute approximate surface area is 143 Å². The summed E-state index contributed by atoms with van der Waals surface area (Å²) >= 11 is 0. The van der Waals surface area contributed by atoms with E-state index < -0.39 is 10.0 Å². The van der Waals surface area contributed by atoms with Crippen LogP contribution < -0.4 is 10.0 Å². The molecular formula is C16H25N3O4S. The van der Waals surface area contributed by atoms with Crippen LogP contribution in [-0.2, 0) is 19.6 Å². The molecule has 0 aromatic heterocycles. The van der Waals surface area contributed by atoms with Crippen LogP contribution in [0, 0.1) is 5.92 Å². The van der Waals surface area contributed by atoms with Crippen molar-refractivity contribution in [2.24, 2.45) is 5.92 Å². The number of morpholine rings is 1. The van der Waals surface area contributed by atoms with Crippen molar-refractivity contribution in [3.63, 3.8) is 0 Å². The van der Waals surface area contributed by atoms with Gasteiger partial charge in [-0.15, -0.1) is 0 Å². The summed E-state index contributed by atoms with van der Waals surface area (Å²) in [5, 5.41) is 2.55. The minimum absolute atomic E-state index is 0.0822. The number of amides is 1. The van der Waals surface area contributed by atoms with Crippen molar-refractivity contribution in [1.82, 2.24) is 9.62 Å². The van der Waals surface area contributed by atoms with E-state index in [0.29, 0.717) is 12.2 Å². The molecule has 1 unspecified atom stereocenters. The molecule has 1 aliphatic rings. The monoisotopic (exact) mass is 355 g/mol. The first kappa shape index (κ1) is 18.9. The van der Waals surface area contributed by atoms with E-state index in [1.165, 1.54) is 13.0 Å². The Morgan fingerprint density at radius 2 is 1.96 bits per heavy atom. The lowest BCUT2D eigenvalue weighted by Gasteiger charge is -2.29. The van der Waals surface area contributed by atoms with Crippen molar-refractivity contribution in [3.05, 3.63) is 24.3 Å². The fraction of sp³-hybridized carbons (Fsp3) is 0.562. The van der Waals surface area contributed by atoms with E-state index in [0.717, 1.165) is 32.8 Å². The number of sulfonamides is 1. The largest absolute Gasteiger partial charge is 0.379 e. The molecule has 0 radical (unpaired) electrons. The maximum absolute atomic E-state index is 12.5. The van der Waals surface area contributed by atoms with E-state index >= 15 is 0 Å². The van der Waals surface area contributed by atoms with Crippen molar-refractivity contribution >= 4 is 21.6 Å². The predicted molar refractivity (Wildman–Crippen MR) is 92.4 cm³/mol. The lowest BCUT2D eigenvalue weighted by molar-refractivity contribution is -0.114. The highest BCUT2D eigenvalue weighted by molar-refractivity contribution is 7.89. The zero-order valence-corrected chi connectivity index (χ0v) is 14.9. The molecule has 8 heteroatoms. The molecule has 0 spiro atoms. The second-order valence-corrected chi connectivity index (χ2v) is 7.78. The van der Waals surface area contributed by atoms with Gasteiger partial charge in [0, 0.05) is 33.1 Å². The molecule has 1 aromatic carbocycles. The van der Waals surface area contributed by atoms with Crippen molar-refractivity contribution in [3.8, 4) is 0 Å². The lowest BCUT2D eigenvalue weighted by atomic mass is 10.1. The van der Waals surface area contributed by atoms with E-state index in [2.05, 4.69) is 14.9 Å². The molecule has 0 bridgehead atoms. The maximum atomic E-state index is 12.5. The Hall–Kier alpha value is -1.48. The van der Waals surface area contributed by atoms with Gasteiger partial charge in [0.15, 0.2) is 0 Å². The van der Waals surface area contributed by atoms with E-state index in [-0.39, 0.29) is 16.7 Å². The molecule has 2 rings (SSSR count). The molecule has 0 saturated carbocycles. The summed E-state index contributed by atoms with van der Waals surface area (Å²) in [4.78, 5) is 13.6. The summed E-state index contributed by atoms with van der Waals surface area (Å²) in [5.74, 6) is -0.135. The van der Waals surface area contributed by atoms with Crippen LogP contribution in [0.2, 0.25) is 0 Å². The van der Waals surface area contributed by atoms with Crippen LogP contribution in [0.15, 0.2) is 29.2 Å². The van der Waals surface area contributed by atoms with Crippen molar-refractivity contribution in [2.75, 3.05) is 44.7 Å². The molecule has 1 heterocycles. The lowest BCUT2D eigenvalue weighted by Crippen LogP contribution is -2.41. The Morgan fingerprint density at radius 1 is 1.29 bits per heavy atom. The zero-order chi connectivity index (χ0) is 17.6. The highest BCUT2D eigenvalue weighted by atomic mass is 32.2. The summed E-state index contributed by atoms with van der Waals surface area (Å²) in [5.41, 5.74) is 0.290. The van der Waals surface area contributed by atoms with Gasteiger partial charge in [-0.25, -0.2) is 13.1 Å². The molecule has 7 nitrogen and oxygen atoms in total. The third kappa shape index (κ3) is 5.55. The SMILES string of the molecule is CC(=O)Nc1ccccc1S(=O)(=O)NCC(C)CN1CCOCC1. The average molecular weight is 355 g/mol. The van der Waals surface area contributed by atoms with Crippen LogP contribution >= 0.6 is 0 Å². The molecule has 1 amide bonds. The molecule has 2 N–H and O–H groups in total. The number of nitrogens with zero attached hydrogens (tertiary/aromatic N) is 1. The number of hydrogen-bond donors (Lipinski definition) is 2. The summed E-state index contributed by atoms with van der Waals surface area (Å²) in [6, 6.07) is 6.38. The number of para-hydroxylation sites is 1. The molecule has 1 fully saturated rings. The van der Waals surface area contributed by atoms with Gasteiger partial charge in [-0.05, 0) is 18.1 Å². The van der Waals surface area contributed by atoms with E-state index in [1.54, 1.807) is 18.2 Å². The Morgan fingerprint density at radius 3 is 2.62 bits per heavy atom. The first-order valence-electron chi connectivity index (χ1n) is 8.05. The summed E-state index contributed by atoms with van der Waals surface area (Å²) in [6.07, 6.45) is 0. The normalized spacial score (nSPS) is 17.4. The Bertz CT molecular complexity index is 657. The number of benzene rings is 1. The van der Waals surface area contributed by atoms with E-state index in [1.807, 2.05) is 6.92 Å². The number of carbonyl (C=O) groups excluding carboxylic acids is 1. The van der Waals surface area contributed by atoms with Crippen molar-refractivity contribution < 1.29 is 17.9 Å². The molecule has 0 aliphatic carbocycles. The van der Waals surface area contributed by atoms with Gasteiger partial charge in [0.2, 0.25) is 15.9 Å². The molecule has 1 atom stereocenters. The van der Waals surface area contributed by atoms with Crippen LogP contribution in [0.5, 0.6) is 0 Å². The maximum Gasteiger partial charge on any atom is 0.242 e. The topological polar surface area (TPSA) is 87.7 Å². The summed E-state index contributed by atoms with van der Waals surface area (Å²) < 4.78 is 33.0. The highest BCUT2D eigenvalue weighted by Crippen LogP contribution is 2.20. The van der Waals surface area contributed by atoms with Crippen LogP contribution in [0.1, 0.15) is 13.8 Å². The van der Waals surface area contributed by atoms with Crippen LogP contribution in [0.4, 0.5) is 5.69 Å². The number of hydrogen-bond acceptors (Lipinski definition) is 5. The summed E-state index contributed by atoms with van der Waals surface area (Å²) in [6.45, 7) is 7.72. The average Bonchev–Trinajstić information content (AvgIpc) is 2.54. The third-order valence-electron chi connectivity index (χ3n) is 3.78. The number of ether oxygens (including phenoxy) is 1. The first-order chi connectivity index (χ1) is 11.4. The standard InChI is InChI=1S/C16H25N3O4S/c1-13(12-19-7-9-23-10-8-19)11-17-24(21,22)16-6-4-3-5-15(16)18-14(2)20/h3-6,13,17H,7-12H2,1-2H3,(H,18,20). The molecule has 1 aliphatic heterocycles. The first-order valence-corrected chi connectivity index (χ1v) is 9.53. The van der Waals surface area contributed by atoms with Crippen molar-refractivity contribution in [2.45, 2.75) is 18.7 Å². The molecule has 1 saturated heterocycles. The molecule has 24 heavy (non-hydrogen) atoms. The number of nitrogens with one attached hydrogen (secondary N) is 2. The fourth-order valence-electron chi connectivity index (χ4n) is 2.61. The molecular weight excluding hydrogens is 330 g/mol. The number of carbonyl (C=O) groups is 1.